The lowest BCUT2D eigenvalue weighted by molar-refractivity contribution is -0.207. The maximum Gasteiger partial charge on any atom is 0.224 e. The van der Waals surface area contributed by atoms with Crippen molar-refractivity contribution in [3.63, 3.8) is 0 Å². The molecule has 3 amide bonds. The van der Waals surface area contributed by atoms with E-state index < -0.39 is 22.2 Å². The molecule has 0 spiro atoms. The molecule has 296 valence electrons. The standard InChI is InChI=1S/C44H82N4O3/c1-3-5-7-9-11-13-15-17-21-25-29-48(30-26-22-18-16-14-12-10-8-6-4-2)31-27-23-19-20-24-28-38-43(40(46)50)33-37-32-42(35-43,39(45)49)36-44(38,34-37)41(47)51/h37-38H,3-36H2,1-2H3,(H2,45,49)(H2,46,50)(H2,47,51). The van der Waals surface area contributed by atoms with Crippen LogP contribution in [0.1, 0.15) is 213 Å². The highest BCUT2D eigenvalue weighted by Crippen LogP contribution is 2.73. The molecule has 0 aliphatic heterocycles. The van der Waals surface area contributed by atoms with Gasteiger partial charge in [-0.15, -0.1) is 0 Å². The molecule has 0 aromatic carbocycles. The second-order valence-electron chi connectivity index (χ2n) is 17.8. The molecule has 4 saturated carbocycles. The minimum Gasteiger partial charge on any atom is -0.369 e. The second-order valence-corrected chi connectivity index (χ2v) is 17.8. The first-order valence-electron chi connectivity index (χ1n) is 22.3. The Hall–Kier alpha value is -1.63. The molecule has 0 radical (unpaired) electrons. The van der Waals surface area contributed by atoms with Gasteiger partial charge < -0.3 is 22.1 Å². The van der Waals surface area contributed by atoms with Crippen LogP contribution in [0.5, 0.6) is 0 Å². The van der Waals surface area contributed by atoms with Crippen LogP contribution in [0.25, 0.3) is 0 Å². The van der Waals surface area contributed by atoms with E-state index in [0.717, 1.165) is 25.7 Å². The Kier molecular flexibility index (Phi) is 19.9. The molecule has 4 fully saturated rings. The Balaban J connectivity index is 1.38. The molecule has 4 aliphatic carbocycles. The fourth-order valence-corrected chi connectivity index (χ4v) is 11.2. The predicted molar refractivity (Wildman–Crippen MR) is 213 cm³/mol. The molecule has 4 aliphatic rings. The first kappa shape index (κ1) is 43.8. The summed E-state index contributed by atoms with van der Waals surface area (Å²) in [7, 11) is 0. The molecule has 2 atom stereocenters. The zero-order valence-corrected chi connectivity index (χ0v) is 33.6. The second kappa shape index (κ2) is 23.2. The summed E-state index contributed by atoms with van der Waals surface area (Å²) in [6.45, 7) is 8.27. The van der Waals surface area contributed by atoms with E-state index in [0.29, 0.717) is 32.1 Å². The molecule has 0 aromatic heterocycles. The highest BCUT2D eigenvalue weighted by atomic mass is 16.2. The molecule has 0 saturated heterocycles. The Morgan fingerprint density at radius 2 is 0.804 bits per heavy atom. The van der Waals surface area contributed by atoms with Crippen LogP contribution in [0.15, 0.2) is 0 Å². The lowest BCUT2D eigenvalue weighted by atomic mass is 9.34. The number of primary amides is 3. The first-order valence-corrected chi connectivity index (χ1v) is 22.3. The van der Waals surface area contributed by atoms with Gasteiger partial charge in [0.25, 0.3) is 0 Å². The van der Waals surface area contributed by atoms with Gasteiger partial charge in [0.15, 0.2) is 0 Å². The van der Waals surface area contributed by atoms with Gasteiger partial charge in [0.05, 0.1) is 16.2 Å². The molecule has 0 heterocycles. The summed E-state index contributed by atoms with van der Waals surface area (Å²) >= 11 is 0. The van der Waals surface area contributed by atoms with Crippen LogP contribution in [0.2, 0.25) is 0 Å². The normalized spacial score (nSPS) is 26.6. The van der Waals surface area contributed by atoms with E-state index >= 15 is 0 Å². The van der Waals surface area contributed by atoms with Crippen LogP contribution >= 0.6 is 0 Å². The number of nitrogens with two attached hydrogens (primary N) is 3. The third kappa shape index (κ3) is 13.0. The number of unbranched alkanes of at least 4 members (excludes halogenated alkanes) is 22. The van der Waals surface area contributed by atoms with Gasteiger partial charge in [-0.2, -0.15) is 0 Å². The Morgan fingerprint density at radius 1 is 0.471 bits per heavy atom. The Bertz CT molecular complexity index is 960. The first-order chi connectivity index (χ1) is 24.7. The van der Waals surface area contributed by atoms with E-state index in [-0.39, 0.29) is 23.7 Å². The van der Waals surface area contributed by atoms with E-state index in [1.165, 1.54) is 161 Å². The fraction of sp³-hybridized carbons (Fsp3) is 0.932. The van der Waals surface area contributed by atoms with Crippen LogP contribution in [-0.2, 0) is 14.4 Å². The molecule has 6 N–H and O–H groups in total. The largest absolute Gasteiger partial charge is 0.369 e. The molecule has 7 nitrogen and oxygen atoms in total. The quantitative estimate of drug-likeness (QED) is 0.0584. The number of amides is 3. The fourth-order valence-electron chi connectivity index (χ4n) is 11.2. The van der Waals surface area contributed by atoms with E-state index in [4.69, 9.17) is 17.2 Å². The van der Waals surface area contributed by atoms with E-state index in [1.807, 2.05) is 0 Å². The molecular weight excluding hydrogens is 633 g/mol. The van der Waals surface area contributed by atoms with E-state index in [2.05, 4.69) is 18.7 Å². The summed E-state index contributed by atoms with van der Waals surface area (Å²) in [5.41, 5.74) is 15.7. The van der Waals surface area contributed by atoms with Gasteiger partial charge >= 0.3 is 0 Å². The third-order valence-electron chi connectivity index (χ3n) is 13.8. The predicted octanol–water partition coefficient (Wildman–Crippen LogP) is 10.1. The van der Waals surface area contributed by atoms with Crippen LogP contribution in [0, 0.1) is 28.1 Å². The SMILES string of the molecule is CCCCCCCCCCCCN(CCCCCCCCCCCC)CCCCCCCC1C2(C(N)=O)CC3CC(C(N)=O)(C2)CC1(C(N)=O)C3. The number of carbonyl (C=O) groups is 3. The summed E-state index contributed by atoms with van der Waals surface area (Å²) in [6, 6.07) is 0. The van der Waals surface area contributed by atoms with Gasteiger partial charge in [-0.3, -0.25) is 14.4 Å². The lowest BCUT2D eigenvalue weighted by Gasteiger charge is -2.67. The average Bonchev–Trinajstić information content (AvgIpc) is 3.09. The summed E-state index contributed by atoms with van der Waals surface area (Å²) in [6.07, 6.45) is 37.0. The molecule has 4 bridgehead atoms. The van der Waals surface area contributed by atoms with Crippen LogP contribution in [0.4, 0.5) is 0 Å². The van der Waals surface area contributed by atoms with Gasteiger partial charge in [0, 0.05) is 0 Å². The van der Waals surface area contributed by atoms with Crippen molar-refractivity contribution in [1.82, 2.24) is 4.90 Å². The summed E-state index contributed by atoms with van der Waals surface area (Å²) in [4.78, 5) is 41.7. The highest BCUT2D eigenvalue weighted by Gasteiger charge is 2.73. The van der Waals surface area contributed by atoms with Crippen molar-refractivity contribution in [2.75, 3.05) is 19.6 Å². The molecule has 7 heteroatoms. The van der Waals surface area contributed by atoms with Crippen molar-refractivity contribution in [3.8, 4) is 0 Å². The summed E-state index contributed by atoms with van der Waals surface area (Å²) in [5.74, 6) is -1.19. The monoisotopic (exact) mass is 715 g/mol. The summed E-state index contributed by atoms with van der Waals surface area (Å²) < 4.78 is 0. The molecule has 4 rings (SSSR count). The highest BCUT2D eigenvalue weighted by molar-refractivity contribution is 5.91. The smallest absolute Gasteiger partial charge is 0.224 e. The van der Waals surface area contributed by atoms with Crippen molar-refractivity contribution in [2.24, 2.45) is 45.3 Å². The summed E-state index contributed by atoms with van der Waals surface area (Å²) in [5, 5.41) is 0. The van der Waals surface area contributed by atoms with Crippen molar-refractivity contribution in [1.29, 1.82) is 0 Å². The van der Waals surface area contributed by atoms with Gasteiger partial charge in [-0.05, 0) is 89.3 Å². The van der Waals surface area contributed by atoms with E-state index in [1.54, 1.807) is 0 Å². The van der Waals surface area contributed by atoms with Crippen LogP contribution in [0.3, 0.4) is 0 Å². The minimum absolute atomic E-state index is 0.111. The van der Waals surface area contributed by atoms with Crippen LogP contribution in [-0.4, -0.2) is 42.3 Å². The number of hydrogen-bond donors (Lipinski definition) is 3. The van der Waals surface area contributed by atoms with Gasteiger partial charge in [-0.25, -0.2) is 0 Å². The van der Waals surface area contributed by atoms with Crippen LogP contribution < -0.4 is 17.2 Å². The average molecular weight is 715 g/mol. The van der Waals surface area contributed by atoms with Crippen molar-refractivity contribution >= 4 is 17.7 Å². The maximum absolute atomic E-state index is 13.1. The van der Waals surface area contributed by atoms with Crippen molar-refractivity contribution < 1.29 is 14.4 Å². The minimum atomic E-state index is -0.840. The Morgan fingerprint density at radius 3 is 1.14 bits per heavy atom. The third-order valence-corrected chi connectivity index (χ3v) is 13.8. The lowest BCUT2D eigenvalue weighted by Crippen LogP contribution is -2.70. The topological polar surface area (TPSA) is 133 Å². The number of carbonyl (C=O) groups excluding carboxylic acids is 3. The molecule has 51 heavy (non-hydrogen) atoms. The van der Waals surface area contributed by atoms with Crippen molar-refractivity contribution in [2.45, 2.75) is 213 Å². The zero-order valence-electron chi connectivity index (χ0n) is 33.6. The van der Waals surface area contributed by atoms with Gasteiger partial charge in [0.1, 0.15) is 0 Å². The Labute approximate surface area is 314 Å². The molecule has 2 unspecified atom stereocenters. The van der Waals surface area contributed by atoms with Crippen molar-refractivity contribution in [3.05, 3.63) is 0 Å². The molecule has 0 aromatic rings. The van der Waals surface area contributed by atoms with E-state index in [9.17, 15) is 14.4 Å². The number of rotatable bonds is 33. The van der Waals surface area contributed by atoms with Gasteiger partial charge in [-0.1, -0.05) is 155 Å². The number of hydrogen-bond acceptors (Lipinski definition) is 4. The maximum atomic E-state index is 13.1. The van der Waals surface area contributed by atoms with Gasteiger partial charge in [0.2, 0.25) is 17.7 Å². The number of nitrogens with zero attached hydrogens (tertiary/aromatic N) is 1. The molecular formula is C44H82N4O3. The zero-order chi connectivity index (χ0) is 37.0.